The van der Waals surface area contributed by atoms with Crippen molar-refractivity contribution >= 4 is 44.2 Å². The van der Waals surface area contributed by atoms with Gasteiger partial charge in [-0.3, -0.25) is 4.18 Å². The maximum absolute atomic E-state index is 11.2. The first kappa shape index (κ1) is 19.8. The molecular formula is C18H20ClN3O4S2. The lowest BCUT2D eigenvalue weighted by atomic mass is 10.0. The molecule has 10 heteroatoms. The molecule has 0 radical (unpaired) electrons. The Hall–Kier alpha value is -1.52. The minimum Gasteiger partial charge on any atom is -0.381 e. The number of aromatic nitrogens is 3. The van der Waals surface area contributed by atoms with E-state index in [0.717, 1.165) is 66.9 Å². The van der Waals surface area contributed by atoms with Crippen molar-refractivity contribution in [3.63, 3.8) is 0 Å². The summed E-state index contributed by atoms with van der Waals surface area (Å²) in [5, 5.41) is 2.17. The van der Waals surface area contributed by atoms with Crippen molar-refractivity contribution in [3.8, 4) is 11.4 Å². The lowest BCUT2D eigenvalue weighted by molar-refractivity contribution is 0.0616. The number of para-hydroxylation sites is 1. The molecule has 1 aromatic carbocycles. The molecule has 0 bridgehead atoms. The zero-order valence-corrected chi connectivity index (χ0v) is 17.7. The summed E-state index contributed by atoms with van der Waals surface area (Å²) in [7, 11) is -3.52. The van der Waals surface area contributed by atoms with Crippen LogP contribution in [0.2, 0.25) is 5.02 Å². The van der Waals surface area contributed by atoms with Gasteiger partial charge in [-0.25, -0.2) is 4.98 Å². The van der Waals surface area contributed by atoms with Crippen LogP contribution in [-0.4, -0.2) is 41.8 Å². The maximum Gasteiger partial charge on any atom is 0.264 e. The van der Waals surface area contributed by atoms with E-state index in [1.165, 1.54) is 0 Å². The van der Waals surface area contributed by atoms with E-state index in [2.05, 4.69) is 13.9 Å². The highest BCUT2D eigenvalue weighted by atomic mass is 35.5. The average Bonchev–Trinajstić information content (AvgIpc) is 3.26. The Balaban J connectivity index is 1.67. The zero-order valence-electron chi connectivity index (χ0n) is 15.3. The molecule has 28 heavy (non-hydrogen) atoms. The molecule has 0 aliphatic carbocycles. The van der Waals surface area contributed by atoms with Crippen LogP contribution in [0.1, 0.15) is 17.8 Å². The molecule has 0 amide bonds. The van der Waals surface area contributed by atoms with E-state index in [9.17, 15) is 8.42 Å². The average molecular weight is 442 g/mol. The Morgan fingerprint density at radius 2 is 2.14 bits per heavy atom. The third kappa shape index (κ3) is 4.38. The summed E-state index contributed by atoms with van der Waals surface area (Å²) in [5.41, 5.74) is 1.85. The quantitative estimate of drug-likeness (QED) is 0.542. The van der Waals surface area contributed by atoms with E-state index >= 15 is 0 Å². The molecule has 4 rings (SSSR count). The number of fused-ring (bicyclic) bond motifs is 1. The molecule has 1 aliphatic rings. The Morgan fingerprint density at radius 3 is 2.89 bits per heavy atom. The van der Waals surface area contributed by atoms with E-state index in [1.807, 2.05) is 24.4 Å². The van der Waals surface area contributed by atoms with Crippen molar-refractivity contribution in [2.24, 2.45) is 5.92 Å². The van der Waals surface area contributed by atoms with Gasteiger partial charge in [0.25, 0.3) is 10.1 Å². The van der Waals surface area contributed by atoms with Crippen molar-refractivity contribution in [1.82, 2.24) is 13.9 Å². The molecule has 0 unspecified atom stereocenters. The molecule has 2 aromatic heterocycles. The molecule has 3 aromatic rings. The van der Waals surface area contributed by atoms with E-state index in [1.54, 1.807) is 0 Å². The normalized spacial score (nSPS) is 16.1. The molecule has 150 valence electrons. The molecule has 1 fully saturated rings. The lowest BCUT2D eigenvalue weighted by Gasteiger charge is -2.23. The second-order valence-corrected chi connectivity index (χ2v) is 9.75. The summed E-state index contributed by atoms with van der Waals surface area (Å²) in [6.45, 7) is 2.33. The molecule has 1 aliphatic heterocycles. The Morgan fingerprint density at radius 1 is 1.36 bits per heavy atom. The number of ether oxygens (including phenoxy) is 1. The molecule has 3 heterocycles. The Bertz CT molecular complexity index is 1090. The number of halogens is 1. The van der Waals surface area contributed by atoms with Crippen LogP contribution in [0.25, 0.3) is 22.3 Å². The Kier molecular flexibility index (Phi) is 5.71. The van der Waals surface area contributed by atoms with Crippen molar-refractivity contribution in [3.05, 3.63) is 34.4 Å². The monoisotopic (exact) mass is 441 g/mol. The van der Waals surface area contributed by atoms with Gasteiger partial charge in [0.1, 0.15) is 11.6 Å². The molecule has 0 N–H and O–H groups in total. The standard InChI is InChI=1S/C18H20ClN3O4S2/c1-28(23,24)26-11-16-20-18(21-27-16)14-10-22(9-12-5-7-25-8-6-12)17-13(14)3-2-4-15(17)19/h2-4,10,12H,5-9,11H2,1H3. The van der Waals surface area contributed by atoms with Crippen molar-refractivity contribution in [2.75, 3.05) is 19.5 Å². The van der Waals surface area contributed by atoms with Gasteiger partial charge in [0.2, 0.25) is 0 Å². The summed E-state index contributed by atoms with van der Waals surface area (Å²) < 4.78 is 39.3. The van der Waals surface area contributed by atoms with Gasteiger partial charge in [0, 0.05) is 36.9 Å². The van der Waals surface area contributed by atoms with Crippen molar-refractivity contribution < 1.29 is 17.3 Å². The molecular weight excluding hydrogens is 422 g/mol. The SMILES string of the molecule is CS(=O)(=O)OCc1nc(-c2cn(CC3CCOCC3)c3c(Cl)cccc23)ns1. The smallest absolute Gasteiger partial charge is 0.264 e. The van der Waals surface area contributed by atoms with Gasteiger partial charge in [0.05, 0.1) is 16.8 Å². The predicted octanol–water partition coefficient (Wildman–Crippen LogP) is 3.72. The van der Waals surface area contributed by atoms with Gasteiger partial charge in [-0.1, -0.05) is 23.7 Å². The van der Waals surface area contributed by atoms with Crippen LogP contribution in [0, 0.1) is 5.92 Å². The Labute approximate surface area is 172 Å². The van der Waals surface area contributed by atoms with Gasteiger partial charge >= 0.3 is 0 Å². The summed E-state index contributed by atoms with van der Waals surface area (Å²) >= 11 is 7.65. The van der Waals surface area contributed by atoms with Gasteiger partial charge in [-0.15, -0.1) is 0 Å². The second-order valence-electron chi connectivity index (χ2n) is 6.86. The van der Waals surface area contributed by atoms with Crippen LogP contribution in [0.15, 0.2) is 24.4 Å². The van der Waals surface area contributed by atoms with Crippen molar-refractivity contribution in [2.45, 2.75) is 26.0 Å². The predicted molar refractivity (Wildman–Crippen MR) is 109 cm³/mol. The zero-order chi connectivity index (χ0) is 19.7. The highest BCUT2D eigenvalue weighted by Crippen LogP contribution is 2.35. The highest BCUT2D eigenvalue weighted by Gasteiger charge is 2.20. The van der Waals surface area contributed by atoms with Gasteiger partial charge in [-0.2, -0.15) is 12.8 Å². The van der Waals surface area contributed by atoms with Crippen LogP contribution in [0.4, 0.5) is 0 Å². The number of nitrogens with zero attached hydrogens (tertiary/aromatic N) is 3. The van der Waals surface area contributed by atoms with E-state index in [-0.39, 0.29) is 6.61 Å². The van der Waals surface area contributed by atoms with Crippen LogP contribution >= 0.6 is 23.1 Å². The minimum absolute atomic E-state index is 0.113. The first-order valence-electron chi connectivity index (χ1n) is 8.93. The van der Waals surface area contributed by atoms with Gasteiger partial charge in [-0.05, 0) is 36.4 Å². The summed E-state index contributed by atoms with van der Waals surface area (Å²) in [5.74, 6) is 1.09. The summed E-state index contributed by atoms with van der Waals surface area (Å²) in [6.07, 6.45) is 5.11. The molecule has 0 spiro atoms. The van der Waals surface area contributed by atoms with E-state index < -0.39 is 10.1 Å². The van der Waals surface area contributed by atoms with E-state index in [4.69, 9.17) is 20.5 Å². The molecule has 0 saturated carbocycles. The van der Waals surface area contributed by atoms with Crippen LogP contribution in [-0.2, 0) is 32.2 Å². The maximum atomic E-state index is 11.2. The topological polar surface area (TPSA) is 83.3 Å². The minimum atomic E-state index is -3.52. The largest absolute Gasteiger partial charge is 0.381 e. The van der Waals surface area contributed by atoms with Crippen LogP contribution in [0.3, 0.4) is 0 Å². The number of hydrogen-bond acceptors (Lipinski definition) is 7. The molecule has 1 saturated heterocycles. The second kappa shape index (κ2) is 8.08. The number of rotatable bonds is 6. The summed E-state index contributed by atoms with van der Waals surface area (Å²) in [6, 6.07) is 5.80. The fourth-order valence-corrected chi connectivity index (χ4v) is 4.68. The van der Waals surface area contributed by atoms with Gasteiger partial charge < -0.3 is 9.30 Å². The molecule has 0 atom stereocenters. The first-order chi connectivity index (χ1) is 13.4. The summed E-state index contributed by atoms with van der Waals surface area (Å²) in [4.78, 5) is 4.47. The third-order valence-corrected chi connectivity index (χ3v) is 6.29. The molecule has 7 nitrogen and oxygen atoms in total. The number of benzene rings is 1. The third-order valence-electron chi connectivity index (χ3n) is 4.75. The van der Waals surface area contributed by atoms with Crippen molar-refractivity contribution in [1.29, 1.82) is 0 Å². The fraction of sp³-hybridized carbons (Fsp3) is 0.444. The fourth-order valence-electron chi connectivity index (χ4n) is 3.42. The lowest BCUT2D eigenvalue weighted by Crippen LogP contribution is -2.20. The number of hydrogen-bond donors (Lipinski definition) is 0. The van der Waals surface area contributed by atoms with E-state index in [0.29, 0.717) is 21.8 Å². The van der Waals surface area contributed by atoms with Gasteiger partial charge in [0.15, 0.2) is 5.82 Å². The van der Waals surface area contributed by atoms with Crippen LogP contribution in [0.5, 0.6) is 0 Å². The van der Waals surface area contributed by atoms with Crippen LogP contribution < -0.4 is 0 Å². The first-order valence-corrected chi connectivity index (χ1v) is 11.9. The highest BCUT2D eigenvalue weighted by molar-refractivity contribution is 7.85.